The number of hydrogen-bond donors (Lipinski definition) is 0. The Balaban J connectivity index is 1.68. The molecular formula is C29H24N2O2. The summed E-state index contributed by atoms with van der Waals surface area (Å²) in [5.74, 6) is 1.29. The fourth-order valence-corrected chi connectivity index (χ4v) is 4.28. The second kappa shape index (κ2) is 8.75. The monoisotopic (exact) mass is 432 g/mol. The molecule has 0 aliphatic carbocycles. The van der Waals surface area contributed by atoms with E-state index in [1.807, 2.05) is 85.1 Å². The van der Waals surface area contributed by atoms with E-state index in [1.54, 1.807) is 6.20 Å². The van der Waals surface area contributed by atoms with Crippen LogP contribution in [0.5, 0.6) is 11.5 Å². The smallest absolute Gasteiger partial charge is 0.259 e. The van der Waals surface area contributed by atoms with Gasteiger partial charge in [0.05, 0.1) is 17.1 Å². The molecule has 162 valence electrons. The first-order valence-corrected chi connectivity index (χ1v) is 11.0. The molecule has 0 aliphatic heterocycles. The number of ether oxygens (including phenoxy) is 1. The van der Waals surface area contributed by atoms with Gasteiger partial charge in [0.15, 0.2) is 0 Å². The number of aryl methyl sites for hydroxylation is 2. The Morgan fingerprint density at radius 2 is 1.45 bits per heavy atom. The van der Waals surface area contributed by atoms with Crippen LogP contribution in [0.1, 0.15) is 28.6 Å². The molecule has 0 aliphatic rings. The average molecular weight is 433 g/mol. The highest BCUT2D eigenvalue weighted by molar-refractivity contribution is 5.83. The van der Waals surface area contributed by atoms with Crippen LogP contribution >= 0.6 is 0 Å². The van der Waals surface area contributed by atoms with Crippen LogP contribution < -0.4 is 10.3 Å². The SMILES string of the molecule is Cc1ncccc1Oc1ccc2cc(C)n(C(c3ccccc3)c3ccccc3)c(=O)c2c1. The minimum absolute atomic E-state index is 0.0453. The van der Waals surface area contributed by atoms with Crippen molar-refractivity contribution in [3.05, 3.63) is 136 Å². The number of hydrogen-bond acceptors (Lipinski definition) is 3. The van der Waals surface area contributed by atoms with Gasteiger partial charge in [-0.3, -0.25) is 9.78 Å². The number of nitrogens with zero attached hydrogens (tertiary/aromatic N) is 2. The summed E-state index contributed by atoms with van der Waals surface area (Å²) in [6.45, 7) is 3.89. The molecule has 0 fully saturated rings. The van der Waals surface area contributed by atoms with Gasteiger partial charge in [-0.25, -0.2) is 0 Å². The Labute approximate surface area is 192 Å². The van der Waals surface area contributed by atoms with Crippen molar-refractivity contribution in [3.63, 3.8) is 0 Å². The highest BCUT2D eigenvalue weighted by Gasteiger charge is 2.20. The zero-order valence-electron chi connectivity index (χ0n) is 18.6. The van der Waals surface area contributed by atoms with Gasteiger partial charge < -0.3 is 9.30 Å². The van der Waals surface area contributed by atoms with Crippen LogP contribution in [0, 0.1) is 13.8 Å². The number of pyridine rings is 2. The van der Waals surface area contributed by atoms with Crippen molar-refractivity contribution >= 4 is 10.8 Å². The molecule has 4 heteroatoms. The molecule has 0 amide bonds. The van der Waals surface area contributed by atoms with Crippen LogP contribution in [0.4, 0.5) is 0 Å². The lowest BCUT2D eigenvalue weighted by Crippen LogP contribution is -2.28. The molecule has 4 nitrogen and oxygen atoms in total. The minimum Gasteiger partial charge on any atom is -0.455 e. The molecule has 2 aromatic heterocycles. The van der Waals surface area contributed by atoms with Crippen molar-refractivity contribution in [3.8, 4) is 11.5 Å². The van der Waals surface area contributed by atoms with E-state index in [2.05, 4.69) is 35.3 Å². The van der Waals surface area contributed by atoms with Crippen molar-refractivity contribution in [2.24, 2.45) is 0 Å². The summed E-state index contributed by atoms with van der Waals surface area (Å²) in [6, 6.07) is 31.5. The summed E-state index contributed by atoms with van der Waals surface area (Å²) in [7, 11) is 0. The van der Waals surface area contributed by atoms with Gasteiger partial charge in [-0.2, -0.15) is 0 Å². The van der Waals surface area contributed by atoms with Crippen LogP contribution in [0.3, 0.4) is 0 Å². The third-order valence-electron chi connectivity index (χ3n) is 5.89. The third-order valence-corrected chi connectivity index (χ3v) is 5.89. The molecule has 0 atom stereocenters. The minimum atomic E-state index is -0.227. The first-order valence-electron chi connectivity index (χ1n) is 11.0. The topological polar surface area (TPSA) is 44.1 Å². The van der Waals surface area contributed by atoms with Crippen LogP contribution in [0.15, 0.2) is 108 Å². The fourth-order valence-electron chi connectivity index (χ4n) is 4.28. The number of rotatable bonds is 5. The first kappa shape index (κ1) is 20.7. The highest BCUT2D eigenvalue weighted by Crippen LogP contribution is 2.30. The molecule has 0 spiro atoms. The van der Waals surface area contributed by atoms with Crippen molar-refractivity contribution in [2.75, 3.05) is 0 Å². The first-order chi connectivity index (χ1) is 16.1. The normalized spacial score (nSPS) is 11.1. The van der Waals surface area contributed by atoms with E-state index < -0.39 is 0 Å². The molecule has 33 heavy (non-hydrogen) atoms. The van der Waals surface area contributed by atoms with Gasteiger partial charge in [0.2, 0.25) is 0 Å². The van der Waals surface area contributed by atoms with Crippen molar-refractivity contribution in [2.45, 2.75) is 19.9 Å². The molecule has 0 N–H and O–H groups in total. The Bertz CT molecular complexity index is 1440. The molecular weight excluding hydrogens is 408 g/mol. The van der Waals surface area contributed by atoms with E-state index in [4.69, 9.17) is 4.74 Å². The molecule has 2 heterocycles. The molecule has 0 saturated carbocycles. The average Bonchev–Trinajstić information content (AvgIpc) is 2.85. The lowest BCUT2D eigenvalue weighted by molar-refractivity contribution is 0.476. The van der Waals surface area contributed by atoms with Crippen LogP contribution in [0.2, 0.25) is 0 Å². The highest BCUT2D eigenvalue weighted by atomic mass is 16.5. The lowest BCUT2D eigenvalue weighted by Gasteiger charge is -2.24. The Morgan fingerprint density at radius 1 is 0.788 bits per heavy atom. The predicted octanol–water partition coefficient (Wildman–Crippen LogP) is 6.44. The van der Waals surface area contributed by atoms with Gasteiger partial charge in [-0.15, -0.1) is 0 Å². The van der Waals surface area contributed by atoms with Gasteiger partial charge in [-0.1, -0.05) is 66.7 Å². The van der Waals surface area contributed by atoms with Gasteiger partial charge in [-0.05, 0) is 60.7 Å². The standard InChI is InChI=1S/C29H24N2O2/c1-20-18-24-15-16-25(33-27-14-9-17-30-21(27)2)19-26(24)29(32)31(20)28(22-10-5-3-6-11-22)23-12-7-4-8-13-23/h3-19,28H,1-2H3. The zero-order valence-corrected chi connectivity index (χ0v) is 18.6. The molecule has 5 rings (SSSR count). The van der Waals surface area contributed by atoms with E-state index in [9.17, 15) is 4.79 Å². The van der Waals surface area contributed by atoms with Gasteiger partial charge in [0.25, 0.3) is 5.56 Å². The molecule has 5 aromatic rings. The molecule has 0 unspecified atom stereocenters. The van der Waals surface area contributed by atoms with E-state index in [-0.39, 0.29) is 11.6 Å². The third kappa shape index (κ3) is 4.03. The maximum atomic E-state index is 13.9. The number of fused-ring (bicyclic) bond motifs is 1. The maximum absolute atomic E-state index is 13.9. The van der Waals surface area contributed by atoms with Gasteiger partial charge in [0.1, 0.15) is 11.5 Å². The second-order valence-corrected chi connectivity index (χ2v) is 8.12. The van der Waals surface area contributed by atoms with Crippen molar-refractivity contribution < 1.29 is 4.74 Å². The lowest BCUT2D eigenvalue weighted by atomic mass is 9.97. The number of benzene rings is 3. The largest absolute Gasteiger partial charge is 0.455 e. The fraction of sp³-hybridized carbons (Fsp3) is 0.103. The Kier molecular flexibility index (Phi) is 5.49. The van der Waals surface area contributed by atoms with E-state index >= 15 is 0 Å². The van der Waals surface area contributed by atoms with Crippen LogP contribution in [-0.4, -0.2) is 9.55 Å². The quantitative estimate of drug-likeness (QED) is 0.321. The maximum Gasteiger partial charge on any atom is 0.259 e. The molecule has 0 bridgehead atoms. The van der Waals surface area contributed by atoms with Crippen LogP contribution in [0.25, 0.3) is 10.8 Å². The van der Waals surface area contributed by atoms with Gasteiger partial charge in [0, 0.05) is 11.9 Å². The predicted molar refractivity (Wildman–Crippen MR) is 132 cm³/mol. The van der Waals surface area contributed by atoms with Crippen LogP contribution in [-0.2, 0) is 0 Å². The summed E-state index contributed by atoms with van der Waals surface area (Å²) in [5, 5.41) is 1.51. The molecule has 3 aromatic carbocycles. The van der Waals surface area contributed by atoms with Crippen molar-refractivity contribution in [1.29, 1.82) is 0 Å². The van der Waals surface area contributed by atoms with Crippen molar-refractivity contribution in [1.82, 2.24) is 9.55 Å². The Morgan fingerprint density at radius 3 is 2.09 bits per heavy atom. The van der Waals surface area contributed by atoms with E-state index in [0.29, 0.717) is 16.9 Å². The van der Waals surface area contributed by atoms with E-state index in [1.165, 1.54) is 0 Å². The second-order valence-electron chi connectivity index (χ2n) is 8.12. The summed E-state index contributed by atoms with van der Waals surface area (Å²) >= 11 is 0. The summed E-state index contributed by atoms with van der Waals surface area (Å²) in [6.07, 6.45) is 1.73. The van der Waals surface area contributed by atoms with E-state index in [0.717, 1.165) is 27.9 Å². The zero-order chi connectivity index (χ0) is 22.8. The molecule has 0 saturated heterocycles. The summed E-state index contributed by atoms with van der Waals surface area (Å²) in [4.78, 5) is 18.2. The van der Waals surface area contributed by atoms with Gasteiger partial charge >= 0.3 is 0 Å². The number of aromatic nitrogens is 2. The molecule has 0 radical (unpaired) electrons. The summed E-state index contributed by atoms with van der Waals surface area (Å²) in [5.41, 5.74) is 3.78. The Hall–Kier alpha value is -4.18. The summed E-state index contributed by atoms with van der Waals surface area (Å²) < 4.78 is 7.94.